The van der Waals surface area contributed by atoms with Crippen molar-refractivity contribution >= 4 is 27.3 Å². The Morgan fingerprint density at radius 3 is 2.50 bits per heavy atom. The molecule has 100 valence electrons. The van der Waals surface area contributed by atoms with Crippen LogP contribution in [0.2, 0.25) is 0 Å². The van der Waals surface area contributed by atoms with E-state index in [1.54, 1.807) is 0 Å². The van der Waals surface area contributed by atoms with Crippen LogP contribution in [0.15, 0.2) is 16.6 Å². The normalized spacial score (nSPS) is 24.3. The molecule has 1 fully saturated rings. The standard InChI is InChI=1S/C14H21BrN2O/c1-4-11-5-12(16)6-13(15)14(11)17-7-9(2)18-10(3)8-17/h5-6,9-10H,4,7-8,16H2,1-3H3/t9-,10-/m0/s1. The van der Waals surface area contributed by atoms with Crippen LogP contribution in [0, 0.1) is 0 Å². The minimum absolute atomic E-state index is 0.267. The summed E-state index contributed by atoms with van der Waals surface area (Å²) in [5.74, 6) is 0. The van der Waals surface area contributed by atoms with Crippen molar-refractivity contribution in [3.05, 3.63) is 22.2 Å². The van der Waals surface area contributed by atoms with Gasteiger partial charge in [-0.3, -0.25) is 0 Å². The van der Waals surface area contributed by atoms with Crippen LogP contribution < -0.4 is 10.6 Å². The predicted molar refractivity (Wildman–Crippen MR) is 80.2 cm³/mol. The molecule has 0 amide bonds. The maximum Gasteiger partial charge on any atom is 0.0726 e. The van der Waals surface area contributed by atoms with E-state index in [4.69, 9.17) is 10.5 Å². The van der Waals surface area contributed by atoms with Crippen molar-refractivity contribution in [2.75, 3.05) is 23.7 Å². The van der Waals surface area contributed by atoms with E-state index in [1.807, 2.05) is 6.07 Å². The summed E-state index contributed by atoms with van der Waals surface area (Å²) in [5, 5.41) is 0. The molecule has 4 heteroatoms. The van der Waals surface area contributed by atoms with Crippen LogP contribution in [0.4, 0.5) is 11.4 Å². The first-order valence-electron chi connectivity index (χ1n) is 6.49. The Kier molecular flexibility index (Phi) is 4.17. The van der Waals surface area contributed by atoms with Gasteiger partial charge in [0.25, 0.3) is 0 Å². The first kappa shape index (κ1) is 13.7. The molecule has 0 saturated carbocycles. The minimum Gasteiger partial charge on any atom is -0.399 e. The van der Waals surface area contributed by atoms with Gasteiger partial charge in [0.1, 0.15) is 0 Å². The third-order valence-corrected chi connectivity index (χ3v) is 3.89. The average Bonchev–Trinajstić information content (AvgIpc) is 2.26. The summed E-state index contributed by atoms with van der Waals surface area (Å²) in [4.78, 5) is 2.40. The van der Waals surface area contributed by atoms with Crippen LogP contribution >= 0.6 is 15.9 Å². The smallest absolute Gasteiger partial charge is 0.0726 e. The van der Waals surface area contributed by atoms with Crippen molar-refractivity contribution in [3.8, 4) is 0 Å². The van der Waals surface area contributed by atoms with Gasteiger partial charge >= 0.3 is 0 Å². The largest absolute Gasteiger partial charge is 0.399 e. The number of nitrogens with zero attached hydrogens (tertiary/aromatic N) is 1. The van der Waals surface area contributed by atoms with Crippen molar-refractivity contribution in [2.45, 2.75) is 39.4 Å². The molecule has 0 aliphatic carbocycles. The maximum absolute atomic E-state index is 5.91. The maximum atomic E-state index is 5.91. The molecule has 1 heterocycles. The fourth-order valence-electron chi connectivity index (χ4n) is 2.66. The number of anilines is 2. The Labute approximate surface area is 117 Å². The van der Waals surface area contributed by atoms with Gasteiger partial charge < -0.3 is 15.4 Å². The molecule has 1 saturated heterocycles. The monoisotopic (exact) mass is 312 g/mol. The Balaban J connectivity index is 2.37. The topological polar surface area (TPSA) is 38.5 Å². The summed E-state index contributed by atoms with van der Waals surface area (Å²) in [7, 11) is 0. The lowest BCUT2D eigenvalue weighted by atomic mass is 10.1. The summed E-state index contributed by atoms with van der Waals surface area (Å²) in [6.45, 7) is 8.27. The predicted octanol–water partition coefficient (Wildman–Crippen LogP) is 3.21. The van der Waals surface area contributed by atoms with Crippen molar-refractivity contribution in [1.82, 2.24) is 0 Å². The molecule has 1 aromatic rings. The lowest BCUT2D eigenvalue weighted by molar-refractivity contribution is -0.00529. The van der Waals surface area contributed by atoms with E-state index < -0.39 is 0 Å². The van der Waals surface area contributed by atoms with Crippen LogP contribution in [0.5, 0.6) is 0 Å². The van der Waals surface area contributed by atoms with E-state index in [-0.39, 0.29) is 12.2 Å². The fraction of sp³-hybridized carbons (Fsp3) is 0.571. The molecule has 2 N–H and O–H groups in total. The van der Waals surface area contributed by atoms with E-state index in [9.17, 15) is 0 Å². The van der Waals surface area contributed by atoms with E-state index in [0.717, 1.165) is 29.7 Å². The second-order valence-corrected chi connectivity index (χ2v) is 5.88. The Morgan fingerprint density at radius 1 is 1.33 bits per heavy atom. The highest BCUT2D eigenvalue weighted by atomic mass is 79.9. The van der Waals surface area contributed by atoms with Crippen molar-refractivity contribution in [3.63, 3.8) is 0 Å². The molecule has 0 unspecified atom stereocenters. The second-order valence-electron chi connectivity index (χ2n) is 5.03. The van der Waals surface area contributed by atoms with Crippen LogP contribution in [-0.4, -0.2) is 25.3 Å². The molecule has 1 aromatic carbocycles. The van der Waals surface area contributed by atoms with Crippen molar-refractivity contribution in [2.24, 2.45) is 0 Å². The highest BCUT2D eigenvalue weighted by molar-refractivity contribution is 9.10. The first-order chi connectivity index (χ1) is 8.51. The number of aryl methyl sites for hydroxylation is 1. The van der Waals surface area contributed by atoms with E-state index in [2.05, 4.69) is 47.7 Å². The third-order valence-electron chi connectivity index (χ3n) is 3.28. The zero-order valence-corrected chi connectivity index (χ0v) is 12.8. The zero-order chi connectivity index (χ0) is 13.3. The lowest BCUT2D eigenvalue weighted by Crippen LogP contribution is -2.46. The molecule has 0 bridgehead atoms. The number of hydrogen-bond donors (Lipinski definition) is 1. The molecule has 18 heavy (non-hydrogen) atoms. The molecule has 0 spiro atoms. The van der Waals surface area contributed by atoms with Crippen LogP contribution in [-0.2, 0) is 11.2 Å². The summed E-state index contributed by atoms with van der Waals surface area (Å²) in [6, 6.07) is 4.06. The molecule has 0 aromatic heterocycles. The molecule has 1 aliphatic heterocycles. The van der Waals surface area contributed by atoms with Crippen LogP contribution in [0.3, 0.4) is 0 Å². The van der Waals surface area contributed by atoms with Gasteiger partial charge in [0.15, 0.2) is 0 Å². The lowest BCUT2D eigenvalue weighted by Gasteiger charge is -2.38. The van der Waals surface area contributed by atoms with Gasteiger partial charge in [-0.2, -0.15) is 0 Å². The Hall–Kier alpha value is -0.740. The van der Waals surface area contributed by atoms with Gasteiger partial charge in [0.2, 0.25) is 0 Å². The van der Waals surface area contributed by atoms with E-state index >= 15 is 0 Å². The highest BCUT2D eigenvalue weighted by Gasteiger charge is 2.25. The van der Waals surface area contributed by atoms with Gasteiger partial charge in [0, 0.05) is 23.2 Å². The Bertz CT molecular complexity index is 426. The summed E-state index contributed by atoms with van der Waals surface area (Å²) in [6.07, 6.45) is 1.52. The number of nitrogen functional groups attached to an aromatic ring is 1. The number of rotatable bonds is 2. The molecule has 2 atom stereocenters. The van der Waals surface area contributed by atoms with Gasteiger partial charge in [-0.15, -0.1) is 0 Å². The summed E-state index contributed by atoms with van der Waals surface area (Å²) < 4.78 is 6.88. The Morgan fingerprint density at radius 2 is 1.94 bits per heavy atom. The average molecular weight is 313 g/mol. The van der Waals surface area contributed by atoms with Gasteiger partial charge in [0.05, 0.1) is 17.9 Å². The SMILES string of the molecule is CCc1cc(N)cc(Br)c1N1C[C@H](C)O[C@@H](C)C1. The highest BCUT2D eigenvalue weighted by Crippen LogP contribution is 2.34. The zero-order valence-electron chi connectivity index (χ0n) is 11.2. The van der Waals surface area contributed by atoms with Gasteiger partial charge in [-0.25, -0.2) is 0 Å². The number of nitrogens with two attached hydrogens (primary N) is 1. The summed E-state index contributed by atoms with van der Waals surface area (Å²) in [5.41, 5.74) is 9.30. The number of halogens is 1. The van der Waals surface area contributed by atoms with Crippen LogP contribution in [0.1, 0.15) is 26.3 Å². The first-order valence-corrected chi connectivity index (χ1v) is 7.28. The fourth-order valence-corrected chi connectivity index (χ4v) is 3.43. The number of hydrogen-bond acceptors (Lipinski definition) is 3. The van der Waals surface area contributed by atoms with E-state index in [0.29, 0.717) is 0 Å². The minimum atomic E-state index is 0.267. The number of benzene rings is 1. The molecule has 2 rings (SSSR count). The number of morpholine rings is 1. The molecule has 1 aliphatic rings. The van der Waals surface area contributed by atoms with Gasteiger partial charge in [-0.05, 0) is 53.9 Å². The van der Waals surface area contributed by atoms with Crippen molar-refractivity contribution in [1.29, 1.82) is 0 Å². The van der Waals surface area contributed by atoms with Crippen LogP contribution in [0.25, 0.3) is 0 Å². The van der Waals surface area contributed by atoms with Gasteiger partial charge in [-0.1, -0.05) is 6.92 Å². The van der Waals surface area contributed by atoms with Crippen molar-refractivity contribution < 1.29 is 4.74 Å². The molecule has 3 nitrogen and oxygen atoms in total. The second kappa shape index (κ2) is 5.49. The number of ether oxygens (including phenoxy) is 1. The molecule has 0 radical (unpaired) electrons. The third kappa shape index (κ3) is 2.81. The summed E-state index contributed by atoms with van der Waals surface area (Å²) >= 11 is 3.65. The van der Waals surface area contributed by atoms with E-state index in [1.165, 1.54) is 11.3 Å². The molecular formula is C14H21BrN2O. The quantitative estimate of drug-likeness (QED) is 0.852. The molecular weight excluding hydrogens is 292 g/mol.